The number of aromatic carboxylic acids is 1. The Morgan fingerprint density at radius 2 is 1.96 bits per heavy atom. The van der Waals surface area contributed by atoms with E-state index in [1.807, 2.05) is 11.8 Å². The van der Waals surface area contributed by atoms with Crippen molar-refractivity contribution in [3.8, 4) is 11.4 Å². The van der Waals surface area contributed by atoms with Gasteiger partial charge in [0.15, 0.2) is 5.82 Å². The molecule has 122 valence electrons. The highest BCUT2D eigenvalue weighted by molar-refractivity contribution is 5.91. The summed E-state index contributed by atoms with van der Waals surface area (Å²) in [5.74, 6) is 0.0219. The zero-order valence-electron chi connectivity index (χ0n) is 12.8. The van der Waals surface area contributed by atoms with Crippen LogP contribution in [-0.2, 0) is 4.74 Å². The number of nitrogens with zero attached hydrogens (tertiary/aromatic N) is 4. The third-order valence-corrected chi connectivity index (χ3v) is 3.49. The molecule has 23 heavy (non-hydrogen) atoms. The summed E-state index contributed by atoms with van der Waals surface area (Å²) >= 11 is 0. The number of anilines is 1. The Hall–Kier alpha value is -2.61. The Morgan fingerprint density at radius 3 is 2.57 bits per heavy atom. The van der Waals surface area contributed by atoms with Gasteiger partial charge in [-0.25, -0.2) is 4.79 Å². The number of benzene rings is 1. The van der Waals surface area contributed by atoms with Crippen LogP contribution in [0.5, 0.6) is 5.75 Å². The minimum Gasteiger partial charge on any atom is -0.494 e. The first-order chi connectivity index (χ1) is 11.2. The lowest BCUT2D eigenvalue weighted by Crippen LogP contribution is -2.37. The summed E-state index contributed by atoms with van der Waals surface area (Å²) in [6.07, 6.45) is 0. The summed E-state index contributed by atoms with van der Waals surface area (Å²) in [6.45, 7) is 4.80. The normalized spacial score (nSPS) is 14.7. The van der Waals surface area contributed by atoms with Gasteiger partial charge in [0.2, 0.25) is 5.69 Å². The van der Waals surface area contributed by atoms with Gasteiger partial charge in [-0.3, -0.25) is 0 Å². The fourth-order valence-corrected chi connectivity index (χ4v) is 2.38. The van der Waals surface area contributed by atoms with Crippen molar-refractivity contribution >= 4 is 11.8 Å². The Bertz CT molecular complexity index is 677. The summed E-state index contributed by atoms with van der Waals surface area (Å²) in [7, 11) is 0. The average molecular weight is 318 g/mol. The third kappa shape index (κ3) is 3.26. The maximum absolute atomic E-state index is 11.5. The van der Waals surface area contributed by atoms with Gasteiger partial charge < -0.3 is 19.5 Å². The van der Waals surface area contributed by atoms with E-state index in [4.69, 9.17) is 9.47 Å². The van der Waals surface area contributed by atoms with E-state index in [0.29, 0.717) is 44.4 Å². The van der Waals surface area contributed by atoms with Gasteiger partial charge in [-0.2, -0.15) is 0 Å². The largest absolute Gasteiger partial charge is 0.494 e. The number of ether oxygens (including phenoxy) is 2. The molecule has 8 heteroatoms. The Morgan fingerprint density at radius 1 is 1.26 bits per heavy atom. The molecule has 8 nitrogen and oxygen atoms in total. The summed E-state index contributed by atoms with van der Waals surface area (Å²) in [4.78, 5) is 14.7. The lowest BCUT2D eigenvalue weighted by molar-refractivity contribution is 0.0689. The van der Waals surface area contributed by atoms with Gasteiger partial charge in [0.25, 0.3) is 0 Å². The highest BCUT2D eigenvalue weighted by Crippen LogP contribution is 2.20. The molecule has 3 rings (SSSR count). The molecule has 0 saturated carbocycles. The van der Waals surface area contributed by atoms with Gasteiger partial charge in [-0.15, -0.1) is 15.0 Å². The van der Waals surface area contributed by atoms with E-state index in [9.17, 15) is 9.90 Å². The monoisotopic (exact) mass is 318 g/mol. The van der Waals surface area contributed by atoms with Crippen LogP contribution in [0.4, 0.5) is 5.82 Å². The predicted octanol–water partition coefficient (Wildman–Crippen LogP) is 1.20. The zero-order valence-corrected chi connectivity index (χ0v) is 12.8. The number of morpholine rings is 1. The number of carboxylic acids is 1. The smallest absolute Gasteiger partial charge is 0.360 e. The topological polar surface area (TPSA) is 89.7 Å². The van der Waals surface area contributed by atoms with Crippen LogP contribution in [0.2, 0.25) is 0 Å². The molecular weight excluding hydrogens is 300 g/mol. The van der Waals surface area contributed by atoms with Crippen molar-refractivity contribution in [1.29, 1.82) is 0 Å². The van der Waals surface area contributed by atoms with Crippen LogP contribution in [0, 0.1) is 0 Å². The molecule has 1 N–H and O–H groups in total. The van der Waals surface area contributed by atoms with Crippen molar-refractivity contribution in [2.45, 2.75) is 6.92 Å². The van der Waals surface area contributed by atoms with E-state index in [2.05, 4.69) is 10.2 Å². The molecule has 1 aromatic carbocycles. The van der Waals surface area contributed by atoms with Crippen molar-refractivity contribution in [1.82, 2.24) is 15.0 Å². The average Bonchev–Trinajstić information content (AvgIpc) is 3.02. The molecule has 0 bridgehead atoms. The number of hydrogen-bond acceptors (Lipinski definition) is 6. The first-order valence-corrected chi connectivity index (χ1v) is 7.45. The van der Waals surface area contributed by atoms with Crippen molar-refractivity contribution in [3.05, 3.63) is 30.0 Å². The van der Waals surface area contributed by atoms with E-state index >= 15 is 0 Å². The molecule has 1 saturated heterocycles. The fourth-order valence-electron chi connectivity index (χ4n) is 2.38. The molecule has 2 heterocycles. The number of hydrogen-bond donors (Lipinski definition) is 1. The Balaban J connectivity index is 1.91. The SMILES string of the molecule is CCOc1ccc(-n2nc(C(=O)O)c(N3CCOCC3)n2)cc1. The second kappa shape index (κ2) is 6.66. The molecule has 1 aromatic heterocycles. The number of rotatable bonds is 5. The molecule has 0 aliphatic carbocycles. The van der Waals surface area contributed by atoms with Gasteiger partial charge >= 0.3 is 5.97 Å². The van der Waals surface area contributed by atoms with Crippen molar-refractivity contribution in [3.63, 3.8) is 0 Å². The lowest BCUT2D eigenvalue weighted by Gasteiger charge is -2.26. The van der Waals surface area contributed by atoms with Crippen LogP contribution in [0.1, 0.15) is 17.4 Å². The first-order valence-electron chi connectivity index (χ1n) is 7.45. The second-order valence-corrected chi connectivity index (χ2v) is 4.99. The van der Waals surface area contributed by atoms with E-state index in [1.165, 1.54) is 4.80 Å². The molecule has 1 aliphatic rings. The minimum absolute atomic E-state index is 0.0548. The molecule has 0 unspecified atom stereocenters. The van der Waals surface area contributed by atoms with E-state index < -0.39 is 5.97 Å². The number of aromatic nitrogens is 3. The zero-order chi connectivity index (χ0) is 16.2. The maximum atomic E-state index is 11.5. The standard InChI is InChI=1S/C15H18N4O4/c1-2-23-12-5-3-11(4-6-12)19-16-13(15(20)21)14(17-19)18-7-9-22-10-8-18/h3-6H,2,7-10H2,1H3,(H,20,21). The lowest BCUT2D eigenvalue weighted by atomic mass is 10.3. The molecular formula is C15H18N4O4. The molecule has 1 aliphatic heterocycles. The van der Waals surface area contributed by atoms with Crippen molar-refractivity contribution in [2.75, 3.05) is 37.8 Å². The van der Waals surface area contributed by atoms with Crippen molar-refractivity contribution < 1.29 is 19.4 Å². The van der Waals surface area contributed by atoms with Gasteiger partial charge in [-0.05, 0) is 31.2 Å². The highest BCUT2D eigenvalue weighted by Gasteiger charge is 2.24. The van der Waals surface area contributed by atoms with Gasteiger partial charge in [0.1, 0.15) is 5.75 Å². The first kappa shape index (κ1) is 15.3. The molecule has 0 atom stereocenters. The Kier molecular flexibility index (Phi) is 4.42. The van der Waals surface area contributed by atoms with Crippen LogP contribution >= 0.6 is 0 Å². The number of carboxylic acid groups (broad SMARTS) is 1. The van der Waals surface area contributed by atoms with Gasteiger partial charge in [0, 0.05) is 13.1 Å². The molecule has 0 spiro atoms. The van der Waals surface area contributed by atoms with Crippen LogP contribution in [0.3, 0.4) is 0 Å². The Labute approximate surface area is 133 Å². The molecule has 2 aromatic rings. The van der Waals surface area contributed by atoms with E-state index in [-0.39, 0.29) is 5.69 Å². The third-order valence-electron chi connectivity index (χ3n) is 3.49. The summed E-state index contributed by atoms with van der Waals surface area (Å²) in [5.41, 5.74) is 0.622. The summed E-state index contributed by atoms with van der Waals surface area (Å²) in [5, 5.41) is 17.8. The van der Waals surface area contributed by atoms with Crippen LogP contribution < -0.4 is 9.64 Å². The maximum Gasteiger partial charge on any atom is 0.360 e. The molecule has 0 radical (unpaired) electrons. The summed E-state index contributed by atoms with van der Waals surface area (Å²) < 4.78 is 10.7. The molecule has 1 fully saturated rings. The van der Waals surface area contributed by atoms with Crippen molar-refractivity contribution in [2.24, 2.45) is 0 Å². The van der Waals surface area contributed by atoms with Gasteiger partial charge in [0.05, 0.1) is 25.5 Å². The minimum atomic E-state index is -1.09. The van der Waals surface area contributed by atoms with Crippen LogP contribution in [0.25, 0.3) is 5.69 Å². The fraction of sp³-hybridized carbons (Fsp3) is 0.400. The second-order valence-electron chi connectivity index (χ2n) is 4.99. The van der Waals surface area contributed by atoms with Gasteiger partial charge in [-0.1, -0.05) is 0 Å². The van der Waals surface area contributed by atoms with Crippen LogP contribution in [0.15, 0.2) is 24.3 Å². The van der Waals surface area contributed by atoms with Crippen LogP contribution in [-0.4, -0.2) is 59.0 Å². The summed E-state index contributed by atoms with van der Waals surface area (Å²) in [6, 6.07) is 7.19. The van der Waals surface area contributed by atoms with E-state index in [1.54, 1.807) is 24.3 Å². The molecule has 0 amide bonds. The quantitative estimate of drug-likeness (QED) is 0.886. The predicted molar refractivity (Wildman–Crippen MR) is 82.5 cm³/mol. The number of carbonyl (C=O) groups is 1. The highest BCUT2D eigenvalue weighted by atomic mass is 16.5. The van der Waals surface area contributed by atoms with E-state index in [0.717, 1.165) is 5.75 Å².